The minimum Gasteiger partial charge on any atom is -0.446 e. The van der Waals surface area contributed by atoms with E-state index in [-0.39, 0.29) is 10.6 Å². The molecule has 5 aromatic rings. The van der Waals surface area contributed by atoms with Crippen LogP contribution in [0.15, 0.2) is 102 Å². The Labute approximate surface area is 253 Å². The maximum absolute atomic E-state index is 13.0. The van der Waals surface area contributed by atoms with Crippen LogP contribution in [0.1, 0.15) is 15.2 Å². The van der Waals surface area contributed by atoms with Gasteiger partial charge in [-0.1, -0.05) is 65.1 Å². The number of carbonyl (C=O) groups excluding carboxylic acids is 2. The van der Waals surface area contributed by atoms with Crippen LogP contribution in [0.25, 0.3) is 10.1 Å². The summed E-state index contributed by atoms with van der Waals surface area (Å²) in [7, 11) is 0. The SMILES string of the molecule is O=C(Oc1ccccc1C=NNC(=O)C(Oc1ccc(Cl)cc1)Oc1ccc(Cl)cc1)c1sc2ccccc2c1Cl. The number of nitrogens with one attached hydrogen (secondary N) is 1. The van der Waals surface area contributed by atoms with Gasteiger partial charge in [0.2, 0.25) is 0 Å². The van der Waals surface area contributed by atoms with Crippen LogP contribution >= 0.6 is 46.1 Å². The van der Waals surface area contributed by atoms with E-state index < -0.39 is 18.2 Å². The molecule has 0 aliphatic heterocycles. The molecule has 4 aromatic carbocycles. The zero-order valence-electron chi connectivity index (χ0n) is 20.9. The van der Waals surface area contributed by atoms with Crippen LogP contribution in [0.4, 0.5) is 0 Å². The first-order valence-corrected chi connectivity index (χ1v) is 14.0. The quantitative estimate of drug-likeness (QED) is 0.0590. The molecule has 0 fully saturated rings. The van der Waals surface area contributed by atoms with E-state index in [0.717, 1.165) is 10.1 Å². The number of hydrazone groups is 1. The van der Waals surface area contributed by atoms with Crippen LogP contribution < -0.4 is 19.6 Å². The summed E-state index contributed by atoms with van der Waals surface area (Å²) in [5.41, 5.74) is 2.84. The van der Waals surface area contributed by atoms with Gasteiger partial charge in [0.15, 0.2) is 0 Å². The molecule has 41 heavy (non-hydrogen) atoms. The Morgan fingerprint density at radius 2 is 1.37 bits per heavy atom. The van der Waals surface area contributed by atoms with E-state index in [4.69, 9.17) is 49.0 Å². The Morgan fingerprint density at radius 1 is 0.780 bits per heavy atom. The molecular formula is C30H19Cl3N2O5S. The molecule has 0 bridgehead atoms. The van der Waals surface area contributed by atoms with E-state index in [9.17, 15) is 9.59 Å². The molecule has 1 amide bonds. The number of halogens is 3. The lowest BCUT2D eigenvalue weighted by molar-refractivity contribution is -0.140. The molecule has 11 heteroatoms. The number of fused-ring (bicyclic) bond motifs is 1. The fourth-order valence-corrected chi connectivity index (χ4v) is 5.23. The standard InChI is InChI=1S/C30H19Cl3N2O5S/c31-19-9-13-21(14-10-19)38-30(39-22-15-11-20(32)12-16-22)28(36)35-34-17-18-5-1-3-7-24(18)40-29(37)27-26(33)23-6-2-4-8-25(23)41-27/h1-17,30H,(H,35,36). The molecule has 7 nitrogen and oxygen atoms in total. The Kier molecular flexibility index (Phi) is 9.06. The molecule has 0 aliphatic carbocycles. The molecule has 0 saturated carbocycles. The van der Waals surface area contributed by atoms with Crippen molar-refractivity contribution >= 4 is 74.3 Å². The molecule has 0 saturated heterocycles. The highest BCUT2D eigenvalue weighted by atomic mass is 35.5. The number of para-hydroxylation sites is 1. The van der Waals surface area contributed by atoms with E-state index in [1.807, 2.05) is 24.3 Å². The zero-order valence-corrected chi connectivity index (χ0v) is 24.0. The molecule has 0 aliphatic rings. The molecule has 0 radical (unpaired) electrons. The van der Waals surface area contributed by atoms with Crippen molar-refractivity contribution in [2.45, 2.75) is 6.29 Å². The minimum absolute atomic E-state index is 0.232. The second-order valence-electron chi connectivity index (χ2n) is 8.38. The Balaban J connectivity index is 1.30. The predicted octanol–water partition coefficient (Wildman–Crippen LogP) is 8.01. The van der Waals surface area contributed by atoms with Crippen LogP contribution in [0.3, 0.4) is 0 Å². The molecule has 0 unspecified atom stereocenters. The third-order valence-electron chi connectivity index (χ3n) is 5.55. The average molecular weight is 626 g/mol. The van der Waals surface area contributed by atoms with Crippen molar-refractivity contribution in [1.82, 2.24) is 5.43 Å². The molecule has 1 aromatic heterocycles. The van der Waals surface area contributed by atoms with E-state index in [1.54, 1.807) is 72.8 Å². The van der Waals surface area contributed by atoms with Gasteiger partial charge >= 0.3 is 18.2 Å². The van der Waals surface area contributed by atoms with Gasteiger partial charge in [0.25, 0.3) is 0 Å². The van der Waals surface area contributed by atoms with Gasteiger partial charge in [-0.15, -0.1) is 11.3 Å². The number of thiophene rings is 1. The molecule has 0 spiro atoms. The van der Waals surface area contributed by atoms with E-state index in [0.29, 0.717) is 32.1 Å². The fraction of sp³-hybridized carbons (Fsp3) is 0.0333. The smallest absolute Gasteiger partial charge is 0.355 e. The van der Waals surface area contributed by atoms with Crippen LogP contribution in [0, 0.1) is 0 Å². The highest BCUT2D eigenvalue weighted by Gasteiger charge is 2.23. The lowest BCUT2D eigenvalue weighted by Crippen LogP contribution is -2.40. The summed E-state index contributed by atoms with van der Waals surface area (Å²) in [5.74, 6) is -0.365. The number of ether oxygens (including phenoxy) is 3. The first-order chi connectivity index (χ1) is 19.9. The number of amides is 1. The van der Waals surface area contributed by atoms with Crippen molar-refractivity contribution in [3.63, 3.8) is 0 Å². The molecule has 5 rings (SSSR count). The van der Waals surface area contributed by atoms with E-state index in [2.05, 4.69) is 10.5 Å². The van der Waals surface area contributed by atoms with Gasteiger partial charge in [-0.05, 0) is 66.7 Å². The molecule has 1 heterocycles. The normalized spacial score (nSPS) is 11.1. The van der Waals surface area contributed by atoms with Gasteiger partial charge in [0, 0.05) is 25.7 Å². The summed E-state index contributed by atoms with van der Waals surface area (Å²) in [4.78, 5) is 26.3. The number of carbonyl (C=O) groups is 2. The lowest BCUT2D eigenvalue weighted by atomic mass is 10.2. The van der Waals surface area contributed by atoms with Crippen LogP contribution in [-0.4, -0.2) is 24.4 Å². The van der Waals surface area contributed by atoms with Crippen molar-refractivity contribution in [2.24, 2.45) is 5.10 Å². The van der Waals surface area contributed by atoms with Crippen molar-refractivity contribution in [1.29, 1.82) is 0 Å². The molecule has 1 N–H and O–H groups in total. The van der Waals surface area contributed by atoms with Gasteiger partial charge in [-0.2, -0.15) is 5.10 Å². The van der Waals surface area contributed by atoms with Crippen LogP contribution in [0.5, 0.6) is 17.2 Å². The summed E-state index contributed by atoms with van der Waals surface area (Å²) >= 11 is 19.6. The number of nitrogens with zero attached hydrogens (tertiary/aromatic N) is 1. The third kappa shape index (κ3) is 7.17. The molecular weight excluding hydrogens is 607 g/mol. The summed E-state index contributed by atoms with van der Waals surface area (Å²) in [6.07, 6.45) is -0.0630. The number of benzene rings is 4. The summed E-state index contributed by atoms with van der Waals surface area (Å²) < 4.78 is 18.0. The highest BCUT2D eigenvalue weighted by molar-refractivity contribution is 7.21. The number of esters is 1. The van der Waals surface area contributed by atoms with Crippen molar-refractivity contribution in [3.05, 3.63) is 123 Å². The Hall–Kier alpha value is -4.08. The van der Waals surface area contributed by atoms with Gasteiger partial charge in [-0.3, -0.25) is 4.79 Å². The van der Waals surface area contributed by atoms with Gasteiger partial charge in [0.1, 0.15) is 22.1 Å². The summed E-state index contributed by atoms with van der Waals surface area (Å²) in [6, 6.07) is 27.1. The number of rotatable bonds is 9. The van der Waals surface area contributed by atoms with E-state index >= 15 is 0 Å². The Bertz CT molecular complexity index is 1680. The first kappa shape index (κ1) is 28.4. The van der Waals surface area contributed by atoms with Gasteiger partial charge in [0.05, 0.1) is 11.2 Å². The average Bonchev–Trinajstić information content (AvgIpc) is 3.32. The van der Waals surface area contributed by atoms with Crippen LogP contribution in [0.2, 0.25) is 15.1 Å². The predicted molar refractivity (Wildman–Crippen MR) is 162 cm³/mol. The first-order valence-electron chi connectivity index (χ1n) is 12.0. The molecule has 206 valence electrons. The largest absolute Gasteiger partial charge is 0.446 e. The fourth-order valence-electron chi connectivity index (χ4n) is 3.59. The van der Waals surface area contributed by atoms with E-state index in [1.165, 1.54) is 17.6 Å². The Morgan fingerprint density at radius 3 is 2.00 bits per heavy atom. The topological polar surface area (TPSA) is 86.2 Å². The summed E-state index contributed by atoms with van der Waals surface area (Å²) in [5, 5.41) is 6.16. The second-order valence-corrected chi connectivity index (χ2v) is 10.7. The minimum atomic E-state index is -1.40. The van der Waals surface area contributed by atoms with Crippen molar-refractivity contribution in [3.8, 4) is 17.2 Å². The van der Waals surface area contributed by atoms with Crippen molar-refractivity contribution in [2.75, 3.05) is 0 Å². The number of hydrogen-bond donors (Lipinski definition) is 1. The van der Waals surface area contributed by atoms with Gasteiger partial charge in [-0.25, -0.2) is 10.2 Å². The maximum Gasteiger partial charge on any atom is 0.355 e. The lowest BCUT2D eigenvalue weighted by Gasteiger charge is -2.19. The second kappa shape index (κ2) is 13.1. The highest BCUT2D eigenvalue weighted by Crippen LogP contribution is 2.36. The number of hydrogen-bond acceptors (Lipinski definition) is 7. The van der Waals surface area contributed by atoms with Gasteiger partial charge < -0.3 is 14.2 Å². The monoisotopic (exact) mass is 624 g/mol. The zero-order chi connectivity index (χ0) is 28.8. The maximum atomic E-state index is 13.0. The third-order valence-corrected chi connectivity index (χ3v) is 7.71. The molecule has 0 atom stereocenters. The van der Waals surface area contributed by atoms with Crippen molar-refractivity contribution < 1.29 is 23.8 Å². The van der Waals surface area contributed by atoms with Crippen LogP contribution in [-0.2, 0) is 4.79 Å². The summed E-state index contributed by atoms with van der Waals surface area (Å²) in [6.45, 7) is 0.